The molecule has 10 heteroatoms. The molecule has 194 valence electrons. The molecule has 2 heterocycles. The van der Waals surface area contributed by atoms with Crippen molar-refractivity contribution < 1.29 is 19.1 Å². The molecule has 0 aliphatic carbocycles. The minimum atomic E-state index is -0.834. The predicted octanol–water partition coefficient (Wildman–Crippen LogP) is 4.11. The Morgan fingerprint density at radius 2 is 1.97 bits per heavy atom. The van der Waals surface area contributed by atoms with E-state index in [0.29, 0.717) is 41.1 Å². The SMILES string of the molecule is CCCCNC(=O)C[C@@H]1N=C2c3ccccc3N=C(S[C@H](CC)C(=O)Nc3cccc(OC)c3)N2C1=O. The molecule has 2 N–H and O–H groups in total. The van der Waals surface area contributed by atoms with Crippen molar-refractivity contribution in [1.82, 2.24) is 10.2 Å². The molecular weight excluding hydrogens is 490 g/mol. The first-order valence-corrected chi connectivity index (χ1v) is 13.3. The highest BCUT2D eigenvalue weighted by Crippen LogP contribution is 2.36. The van der Waals surface area contributed by atoms with Crippen LogP contribution in [0.4, 0.5) is 11.4 Å². The summed E-state index contributed by atoms with van der Waals surface area (Å²) in [5.41, 5.74) is 2.01. The highest BCUT2D eigenvalue weighted by atomic mass is 32.2. The maximum absolute atomic E-state index is 13.4. The van der Waals surface area contributed by atoms with Gasteiger partial charge in [-0.15, -0.1) is 0 Å². The van der Waals surface area contributed by atoms with Gasteiger partial charge in [-0.1, -0.05) is 50.2 Å². The van der Waals surface area contributed by atoms with Gasteiger partial charge in [0.25, 0.3) is 5.91 Å². The summed E-state index contributed by atoms with van der Waals surface area (Å²) in [6, 6.07) is 13.7. The van der Waals surface area contributed by atoms with Crippen molar-refractivity contribution in [3.8, 4) is 5.75 Å². The molecule has 0 radical (unpaired) electrons. The van der Waals surface area contributed by atoms with E-state index in [0.717, 1.165) is 18.4 Å². The summed E-state index contributed by atoms with van der Waals surface area (Å²) in [5, 5.41) is 5.64. The molecule has 37 heavy (non-hydrogen) atoms. The van der Waals surface area contributed by atoms with Crippen molar-refractivity contribution >= 4 is 51.9 Å². The fourth-order valence-corrected chi connectivity index (χ4v) is 5.06. The van der Waals surface area contributed by atoms with Gasteiger partial charge >= 0.3 is 0 Å². The number of fused-ring (bicyclic) bond motifs is 3. The highest BCUT2D eigenvalue weighted by Gasteiger charge is 2.43. The van der Waals surface area contributed by atoms with Crippen LogP contribution in [-0.2, 0) is 14.4 Å². The molecule has 9 nitrogen and oxygen atoms in total. The van der Waals surface area contributed by atoms with E-state index in [9.17, 15) is 14.4 Å². The number of unbranched alkanes of at least 4 members (excludes halogenated alkanes) is 1. The van der Waals surface area contributed by atoms with Crippen molar-refractivity contribution in [3.63, 3.8) is 0 Å². The number of nitrogens with one attached hydrogen (secondary N) is 2. The summed E-state index contributed by atoms with van der Waals surface area (Å²) in [7, 11) is 1.57. The Balaban J connectivity index is 1.55. The van der Waals surface area contributed by atoms with Gasteiger partial charge in [0.05, 0.1) is 24.5 Å². The molecule has 0 saturated heterocycles. The van der Waals surface area contributed by atoms with Gasteiger partial charge in [0, 0.05) is 23.9 Å². The van der Waals surface area contributed by atoms with E-state index in [1.54, 1.807) is 31.4 Å². The lowest BCUT2D eigenvalue weighted by molar-refractivity contribution is -0.128. The zero-order valence-electron chi connectivity index (χ0n) is 21.2. The van der Waals surface area contributed by atoms with Crippen molar-refractivity contribution in [2.24, 2.45) is 9.98 Å². The fraction of sp³-hybridized carbons (Fsp3) is 0.370. The second kappa shape index (κ2) is 12.1. The summed E-state index contributed by atoms with van der Waals surface area (Å²) in [4.78, 5) is 49.9. The summed E-state index contributed by atoms with van der Waals surface area (Å²) in [5.74, 6) is 0.371. The van der Waals surface area contributed by atoms with Crippen molar-refractivity contribution in [2.75, 3.05) is 19.0 Å². The van der Waals surface area contributed by atoms with Gasteiger partial charge in [0.1, 0.15) is 17.6 Å². The largest absolute Gasteiger partial charge is 0.497 e. The normalized spacial score (nSPS) is 16.8. The number of ether oxygens (including phenoxy) is 1. The number of benzene rings is 2. The number of anilines is 1. The summed E-state index contributed by atoms with van der Waals surface area (Å²) < 4.78 is 5.24. The molecule has 3 amide bonds. The molecule has 0 saturated carbocycles. The molecule has 2 aliphatic rings. The Hall–Kier alpha value is -3.66. The van der Waals surface area contributed by atoms with Crippen LogP contribution < -0.4 is 15.4 Å². The average Bonchev–Trinajstić information content (AvgIpc) is 3.23. The number of para-hydroxylation sites is 1. The van der Waals surface area contributed by atoms with Crippen LogP contribution >= 0.6 is 11.8 Å². The number of amides is 3. The van der Waals surface area contributed by atoms with E-state index in [1.807, 2.05) is 38.1 Å². The van der Waals surface area contributed by atoms with Gasteiger partial charge in [-0.25, -0.2) is 9.89 Å². The number of carbonyl (C=O) groups is 3. The molecule has 2 atom stereocenters. The first-order valence-electron chi connectivity index (χ1n) is 12.4. The smallest absolute Gasteiger partial charge is 0.259 e. The molecule has 0 unspecified atom stereocenters. The number of hydrogen-bond donors (Lipinski definition) is 2. The third kappa shape index (κ3) is 6.02. The van der Waals surface area contributed by atoms with Crippen LogP contribution in [0.5, 0.6) is 5.75 Å². The first kappa shape index (κ1) is 26.4. The molecule has 0 bridgehead atoms. The van der Waals surface area contributed by atoms with Crippen molar-refractivity contribution in [1.29, 1.82) is 0 Å². The molecule has 2 aromatic carbocycles. The Morgan fingerprint density at radius 3 is 2.73 bits per heavy atom. The zero-order chi connectivity index (χ0) is 26.4. The lowest BCUT2D eigenvalue weighted by atomic mass is 10.1. The molecule has 0 aromatic heterocycles. The second-order valence-corrected chi connectivity index (χ2v) is 9.87. The van der Waals surface area contributed by atoms with E-state index in [2.05, 4.69) is 15.6 Å². The van der Waals surface area contributed by atoms with Crippen LogP contribution in [0, 0.1) is 0 Å². The summed E-state index contributed by atoms with van der Waals surface area (Å²) in [6.07, 6.45) is 2.33. The van der Waals surface area contributed by atoms with Crippen LogP contribution in [0.25, 0.3) is 0 Å². The maximum atomic E-state index is 13.4. The number of amidine groups is 2. The number of methoxy groups -OCH3 is 1. The molecule has 2 aliphatic heterocycles. The number of thioether (sulfide) groups is 1. The maximum Gasteiger partial charge on any atom is 0.259 e. The number of hydrogen-bond acceptors (Lipinski definition) is 7. The third-order valence-electron chi connectivity index (χ3n) is 6.03. The first-order chi connectivity index (χ1) is 17.9. The van der Waals surface area contributed by atoms with E-state index >= 15 is 0 Å². The highest BCUT2D eigenvalue weighted by molar-refractivity contribution is 8.15. The topological polar surface area (TPSA) is 112 Å². The molecule has 2 aromatic rings. The minimum Gasteiger partial charge on any atom is -0.497 e. The lowest BCUT2D eigenvalue weighted by Crippen LogP contribution is -2.43. The van der Waals surface area contributed by atoms with Gasteiger partial charge in [0.2, 0.25) is 11.8 Å². The predicted molar refractivity (Wildman–Crippen MR) is 147 cm³/mol. The molecule has 0 fully saturated rings. The molecule has 0 spiro atoms. The van der Waals surface area contributed by atoms with Crippen LogP contribution in [-0.4, -0.2) is 58.6 Å². The molecular formula is C27H31N5O4S. The standard InChI is InChI=1S/C27H31N5O4S/c1-4-6-14-28-23(33)16-21-26(35)32-24(30-21)19-12-7-8-13-20(19)31-27(32)37-22(5-2)25(34)29-17-10-9-11-18(15-17)36-3/h7-13,15,21-22H,4-6,14,16H2,1-3H3,(H,28,33)(H,29,34)/t21-,22+/m0/s1. The van der Waals surface area contributed by atoms with E-state index in [1.165, 1.54) is 16.7 Å². The van der Waals surface area contributed by atoms with Gasteiger partial charge in [-0.2, -0.15) is 0 Å². The monoisotopic (exact) mass is 521 g/mol. The van der Waals surface area contributed by atoms with Gasteiger partial charge in [-0.05, 0) is 37.1 Å². The minimum absolute atomic E-state index is 0.0316. The van der Waals surface area contributed by atoms with Crippen molar-refractivity contribution in [3.05, 3.63) is 54.1 Å². The van der Waals surface area contributed by atoms with E-state index in [-0.39, 0.29) is 24.1 Å². The Labute approximate surface area is 220 Å². The number of carbonyl (C=O) groups excluding carboxylic acids is 3. The fourth-order valence-electron chi connectivity index (χ4n) is 4.04. The second-order valence-electron chi connectivity index (χ2n) is 8.70. The Morgan fingerprint density at radius 1 is 1.16 bits per heavy atom. The average molecular weight is 522 g/mol. The number of aliphatic imine (C=N–C) groups is 2. The summed E-state index contributed by atoms with van der Waals surface area (Å²) >= 11 is 1.21. The van der Waals surface area contributed by atoms with E-state index < -0.39 is 11.3 Å². The third-order valence-corrected chi connectivity index (χ3v) is 7.34. The quantitative estimate of drug-likeness (QED) is 0.457. The number of nitrogens with zero attached hydrogens (tertiary/aromatic N) is 3. The van der Waals surface area contributed by atoms with Crippen LogP contribution in [0.1, 0.15) is 45.1 Å². The van der Waals surface area contributed by atoms with Gasteiger partial charge in [-0.3, -0.25) is 19.4 Å². The zero-order valence-corrected chi connectivity index (χ0v) is 22.0. The van der Waals surface area contributed by atoms with Crippen LogP contribution in [0.15, 0.2) is 58.5 Å². The van der Waals surface area contributed by atoms with Crippen LogP contribution in [0.2, 0.25) is 0 Å². The van der Waals surface area contributed by atoms with E-state index in [4.69, 9.17) is 9.73 Å². The molecule has 4 rings (SSSR count). The Bertz CT molecular complexity index is 1240. The van der Waals surface area contributed by atoms with Gasteiger partial charge < -0.3 is 15.4 Å². The summed E-state index contributed by atoms with van der Waals surface area (Å²) in [6.45, 7) is 4.53. The lowest BCUT2D eigenvalue weighted by Gasteiger charge is -2.27. The van der Waals surface area contributed by atoms with Gasteiger partial charge in [0.15, 0.2) is 5.17 Å². The Kier molecular flexibility index (Phi) is 8.60. The van der Waals surface area contributed by atoms with Crippen molar-refractivity contribution in [2.45, 2.75) is 50.8 Å². The number of rotatable bonds is 10. The van der Waals surface area contributed by atoms with Crippen LogP contribution in [0.3, 0.4) is 0 Å².